The molecule has 0 aliphatic rings. The summed E-state index contributed by atoms with van der Waals surface area (Å²) in [5.74, 6) is 0.823. The van der Waals surface area contributed by atoms with Crippen LogP contribution in [0.15, 0.2) is 24.3 Å². The first kappa shape index (κ1) is 10.7. The number of methoxy groups -OCH3 is 1. The van der Waals surface area contributed by atoms with E-state index in [1.807, 2.05) is 19.2 Å². The highest BCUT2D eigenvalue weighted by Gasteiger charge is 2.07. The van der Waals surface area contributed by atoms with E-state index >= 15 is 0 Å². The zero-order valence-corrected chi connectivity index (χ0v) is 9.87. The average molecular weight is 216 g/mol. The average Bonchev–Trinajstić information content (AvgIpc) is 2.36. The molecule has 2 aromatic rings. The molecule has 16 heavy (non-hydrogen) atoms. The van der Waals surface area contributed by atoms with Crippen LogP contribution in [0, 0.1) is 0 Å². The van der Waals surface area contributed by atoms with Crippen LogP contribution in [0.3, 0.4) is 0 Å². The van der Waals surface area contributed by atoms with Gasteiger partial charge in [-0.2, -0.15) is 0 Å². The summed E-state index contributed by atoms with van der Waals surface area (Å²) in [5.41, 5.74) is 3.09. The van der Waals surface area contributed by atoms with Crippen molar-refractivity contribution < 1.29 is 4.74 Å². The quantitative estimate of drug-likeness (QED) is 0.856. The topological polar surface area (TPSA) is 34.1 Å². The number of nitrogens with zero attached hydrogens (tertiary/aromatic N) is 1. The molecule has 0 bridgehead atoms. The lowest BCUT2D eigenvalue weighted by Gasteiger charge is -2.10. The first-order valence-electron chi connectivity index (χ1n) is 5.44. The van der Waals surface area contributed by atoms with Crippen molar-refractivity contribution in [1.29, 1.82) is 0 Å². The number of aryl methyl sites for hydroxylation is 1. The summed E-state index contributed by atoms with van der Waals surface area (Å²) in [6, 6.07) is 8.06. The van der Waals surface area contributed by atoms with Gasteiger partial charge in [0, 0.05) is 23.8 Å². The minimum Gasteiger partial charge on any atom is -0.494 e. The molecule has 1 aromatic carbocycles. The molecular formula is C13H16N2O. The number of fused-ring (bicyclic) bond motifs is 1. The molecule has 1 aromatic heterocycles. The molecule has 0 fully saturated rings. The van der Waals surface area contributed by atoms with E-state index in [1.54, 1.807) is 7.11 Å². The number of rotatable bonds is 3. The molecule has 0 saturated carbocycles. The van der Waals surface area contributed by atoms with Crippen LogP contribution in [-0.4, -0.2) is 19.1 Å². The normalized spacial score (nSPS) is 10.4. The van der Waals surface area contributed by atoms with Crippen LogP contribution in [0.1, 0.15) is 12.6 Å². The zero-order valence-electron chi connectivity index (χ0n) is 9.87. The number of aromatic nitrogens is 1. The lowest BCUT2D eigenvalue weighted by molar-refractivity contribution is 0.419. The predicted molar refractivity (Wildman–Crippen MR) is 67.2 cm³/mol. The van der Waals surface area contributed by atoms with E-state index in [1.165, 1.54) is 0 Å². The van der Waals surface area contributed by atoms with Gasteiger partial charge >= 0.3 is 0 Å². The van der Waals surface area contributed by atoms with Crippen molar-refractivity contribution in [1.82, 2.24) is 4.98 Å². The van der Waals surface area contributed by atoms with Crippen molar-refractivity contribution in [2.24, 2.45) is 0 Å². The van der Waals surface area contributed by atoms with Crippen molar-refractivity contribution in [3.63, 3.8) is 0 Å². The van der Waals surface area contributed by atoms with Crippen LogP contribution in [0.5, 0.6) is 5.75 Å². The Morgan fingerprint density at radius 2 is 2.19 bits per heavy atom. The maximum atomic E-state index is 5.34. The molecule has 3 nitrogen and oxygen atoms in total. The van der Waals surface area contributed by atoms with Gasteiger partial charge in [0.2, 0.25) is 0 Å². The van der Waals surface area contributed by atoms with Crippen LogP contribution in [0.2, 0.25) is 0 Å². The Labute approximate surface area is 95.5 Å². The summed E-state index contributed by atoms with van der Waals surface area (Å²) in [6.07, 6.45) is 0.919. The molecule has 1 N–H and O–H groups in total. The molecule has 2 rings (SSSR count). The second kappa shape index (κ2) is 4.39. The molecule has 1 heterocycles. The number of hydrogen-bond donors (Lipinski definition) is 1. The second-order valence-electron chi connectivity index (χ2n) is 3.62. The van der Waals surface area contributed by atoms with Crippen LogP contribution >= 0.6 is 0 Å². The number of anilines is 1. The van der Waals surface area contributed by atoms with E-state index in [0.717, 1.165) is 34.5 Å². The van der Waals surface area contributed by atoms with Gasteiger partial charge in [0.1, 0.15) is 11.3 Å². The van der Waals surface area contributed by atoms with Crippen molar-refractivity contribution in [2.45, 2.75) is 13.3 Å². The molecule has 0 spiro atoms. The highest BCUT2D eigenvalue weighted by atomic mass is 16.5. The fourth-order valence-electron chi connectivity index (χ4n) is 1.83. The first-order chi connectivity index (χ1) is 7.80. The minimum absolute atomic E-state index is 0.823. The zero-order chi connectivity index (χ0) is 11.5. The first-order valence-corrected chi connectivity index (χ1v) is 5.44. The molecular weight excluding hydrogens is 200 g/mol. The molecule has 84 valence electrons. The minimum atomic E-state index is 0.823. The largest absolute Gasteiger partial charge is 0.494 e. The predicted octanol–water partition coefficient (Wildman–Crippen LogP) is 2.85. The highest BCUT2D eigenvalue weighted by molar-refractivity contribution is 5.95. The number of pyridine rings is 1. The van der Waals surface area contributed by atoms with Gasteiger partial charge in [-0.3, -0.25) is 0 Å². The van der Waals surface area contributed by atoms with E-state index in [4.69, 9.17) is 4.74 Å². The molecule has 0 amide bonds. The van der Waals surface area contributed by atoms with Gasteiger partial charge in [-0.05, 0) is 18.6 Å². The summed E-state index contributed by atoms with van der Waals surface area (Å²) >= 11 is 0. The van der Waals surface area contributed by atoms with Crippen LogP contribution in [0.4, 0.5) is 5.69 Å². The van der Waals surface area contributed by atoms with Gasteiger partial charge in [-0.1, -0.05) is 19.1 Å². The van der Waals surface area contributed by atoms with Crippen LogP contribution in [0.25, 0.3) is 10.9 Å². The number of para-hydroxylation sites is 1. The Bertz CT molecular complexity index is 509. The van der Waals surface area contributed by atoms with E-state index in [9.17, 15) is 0 Å². The number of hydrogen-bond acceptors (Lipinski definition) is 3. The lowest BCUT2D eigenvalue weighted by Crippen LogP contribution is -1.97. The standard InChI is InChI=1S/C13H16N2O/c1-4-9-8-11(14-2)10-6-5-7-12(16-3)13(10)15-9/h5-8H,4H2,1-3H3,(H,14,15). The maximum Gasteiger partial charge on any atom is 0.145 e. The third kappa shape index (κ3) is 1.69. The molecule has 0 saturated heterocycles. The lowest BCUT2D eigenvalue weighted by atomic mass is 10.1. The van der Waals surface area contributed by atoms with Gasteiger partial charge in [-0.15, -0.1) is 0 Å². The number of benzene rings is 1. The molecule has 3 heteroatoms. The molecule has 0 radical (unpaired) electrons. The molecule has 0 atom stereocenters. The van der Waals surface area contributed by atoms with Crippen molar-refractivity contribution in [3.05, 3.63) is 30.0 Å². The summed E-state index contributed by atoms with van der Waals surface area (Å²) in [7, 11) is 3.60. The second-order valence-corrected chi connectivity index (χ2v) is 3.62. The van der Waals surface area contributed by atoms with Gasteiger partial charge in [-0.25, -0.2) is 4.98 Å². The fraction of sp³-hybridized carbons (Fsp3) is 0.308. The number of ether oxygens (including phenoxy) is 1. The van der Waals surface area contributed by atoms with Crippen molar-refractivity contribution >= 4 is 16.6 Å². The Morgan fingerprint density at radius 3 is 2.81 bits per heavy atom. The van der Waals surface area contributed by atoms with Gasteiger partial charge < -0.3 is 10.1 Å². The van der Waals surface area contributed by atoms with Gasteiger partial charge in [0.25, 0.3) is 0 Å². The van der Waals surface area contributed by atoms with Crippen molar-refractivity contribution in [3.8, 4) is 5.75 Å². The summed E-state index contributed by atoms with van der Waals surface area (Å²) in [4.78, 5) is 4.61. The fourth-order valence-corrected chi connectivity index (χ4v) is 1.83. The van der Waals surface area contributed by atoms with E-state index in [2.05, 4.69) is 29.4 Å². The molecule has 0 aliphatic carbocycles. The monoisotopic (exact) mass is 216 g/mol. The van der Waals surface area contributed by atoms with E-state index in [-0.39, 0.29) is 0 Å². The summed E-state index contributed by atoms with van der Waals surface area (Å²) in [5, 5.41) is 4.30. The highest BCUT2D eigenvalue weighted by Crippen LogP contribution is 2.29. The van der Waals surface area contributed by atoms with E-state index < -0.39 is 0 Å². The SMILES string of the molecule is CCc1cc(NC)c2cccc(OC)c2n1. The maximum absolute atomic E-state index is 5.34. The third-order valence-electron chi connectivity index (χ3n) is 2.71. The molecule has 0 unspecified atom stereocenters. The van der Waals surface area contributed by atoms with Gasteiger partial charge in [0.15, 0.2) is 0 Å². The number of nitrogens with one attached hydrogen (secondary N) is 1. The molecule has 0 aliphatic heterocycles. The van der Waals surface area contributed by atoms with Crippen LogP contribution in [-0.2, 0) is 6.42 Å². The summed E-state index contributed by atoms with van der Waals surface area (Å²) < 4.78 is 5.34. The van der Waals surface area contributed by atoms with Crippen molar-refractivity contribution in [2.75, 3.05) is 19.5 Å². The smallest absolute Gasteiger partial charge is 0.145 e. The Morgan fingerprint density at radius 1 is 1.38 bits per heavy atom. The van der Waals surface area contributed by atoms with Crippen LogP contribution < -0.4 is 10.1 Å². The van der Waals surface area contributed by atoms with Gasteiger partial charge in [0.05, 0.1) is 7.11 Å². The Kier molecular flexibility index (Phi) is 2.95. The third-order valence-corrected chi connectivity index (χ3v) is 2.71. The van der Waals surface area contributed by atoms with E-state index in [0.29, 0.717) is 0 Å². The Hall–Kier alpha value is -1.77. The summed E-state index contributed by atoms with van der Waals surface area (Å²) in [6.45, 7) is 2.10. The Balaban J connectivity index is 2.78.